The number of carboxylic acid groups (broad SMARTS) is 1. The van der Waals surface area contributed by atoms with Gasteiger partial charge in [0.2, 0.25) is 0 Å². The first-order chi connectivity index (χ1) is 15.2. The summed E-state index contributed by atoms with van der Waals surface area (Å²) in [5.41, 5.74) is 0. The Morgan fingerprint density at radius 2 is 1.34 bits per heavy atom. The normalized spacial score (nSPS) is 13.1. The molecular weight excluding hydrogens is 402 g/mol. The number of allylic oxidation sites excluding steroid dienone is 4. The Hall–Kier alpha value is -1.62. The zero-order valence-corrected chi connectivity index (χ0v) is 21.3. The maximum Gasteiger partial charge on any atom is 0.307 e. The maximum atomic E-state index is 12.0. The van der Waals surface area contributed by atoms with Gasteiger partial charge in [-0.05, 0) is 38.5 Å². The van der Waals surface area contributed by atoms with Crippen LogP contribution in [0.3, 0.4) is 0 Å². The third-order valence-electron chi connectivity index (χ3n) is 5.28. The molecule has 0 aromatic heterocycles. The van der Waals surface area contributed by atoms with Crippen LogP contribution in [0.4, 0.5) is 0 Å². The Balaban J connectivity index is 3.63. The Kier molecular flexibility index (Phi) is 19.0. The van der Waals surface area contributed by atoms with Crippen molar-refractivity contribution in [1.29, 1.82) is 0 Å². The molecule has 32 heavy (non-hydrogen) atoms. The van der Waals surface area contributed by atoms with Crippen LogP contribution in [0.25, 0.3) is 0 Å². The summed E-state index contributed by atoms with van der Waals surface area (Å²) >= 11 is 0. The molecule has 0 aromatic carbocycles. The number of rotatable bonds is 21. The van der Waals surface area contributed by atoms with Gasteiger partial charge in [0.05, 0.1) is 27.6 Å². The van der Waals surface area contributed by atoms with Crippen LogP contribution in [0.2, 0.25) is 0 Å². The Morgan fingerprint density at radius 1 is 0.812 bits per heavy atom. The molecule has 0 saturated carbocycles. The molecule has 0 aromatic rings. The van der Waals surface area contributed by atoms with Crippen molar-refractivity contribution in [3.05, 3.63) is 24.3 Å². The van der Waals surface area contributed by atoms with Gasteiger partial charge >= 0.3 is 11.9 Å². The average molecular weight is 453 g/mol. The lowest BCUT2D eigenvalue weighted by Crippen LogP contribution is -2.43. The highest BCUT2D eigenvalue weighted by Crippen LogP contribution is 2.12. The molecule has 0 amide bonds. The van der Waals surface area contributed by atoms with Gasteiger partial charge in [-0.15, -0.1) is 0 Å². The third kappa shape index (κ3) is 23.1. The molecule has 0 aliphatic heterocycles. The molecule has 0 heterocycles. The lowest BCUT2D eigenvalue weighted by molar-refractivity contribution is -0.873. The highest BCUT2D eigenvalue weighted by molar-refractivity contribution is 5.71. The van der Waals surface area contributed by atoms with Crippen molar-refractivity contribution < 1.29 is 23.9 Å². The zero-order chi connectivity index (χ0) is 24.1. The lowest BCUT2D eigenvalue weighted by Gasteiger charge is -2.28. The first kappa shape index (κ1) is 30.4. The molecule has 0 bridgehead atoms. The van der Waals surface area contributed by atoms with E-state index < -0.39 is 12.1 Å². The van der Waals surface area contributed by atoms with Crippen LogP contribution in [0.1, 0.15) is 103 Å². The van der Waals surface area contributed by atoms with Gasteiger partial charge < -0.3 is 14.3 Å². The Labute approximate surface area is 197 Å². The molecule has 0 aliphatic carbocycles. The van der Waals surface area contributed by atoms with Gasteiger partial charge in [0.15, 0.2) is 6.10 Å². The summed E-state index contributed by atoms with van der Waals surface area (Å²) in [4.78, 5) is 23.0. The number of carboxylic acids is 1. The standard InChI is InChI=1S/C27H49NO4/c1-5-6-7-8-9-10-11-12-13-14-15-16-17-18-19-20-21-22-27(31)32-25(23-26(29)30)24-28(2,3)4/h9-10,12-13,25H,5-8,11,14-24H2,1-4H3/p+1/b10-9-,13-12-. The predicted octanol–water partition coefficient (Wildman–Crippen LogP) is 6.67. The van der Waals surface area contributed by atoms with E-state index in [9.17, 15) is 9.59 Å². The number of hydrogen-bond donors (Lipinski definition) is 1. The molecule has 0 rings (SSSR count). The number of nitrogens with zero attached hydrogens (tertiary/aromatic N) is 1. The van der Waals surface area contributed by atoms with Gasteiger partial charge in [0.25, 0.3) is 0 Å². The van der Waals surface area contributed by atoms with Crippen LogP contribution < -0.4 is 0 Å². The van der Waals surface area contributed by atoms with Crippen LogP contribution in [0.5, 0.6) is 0 Å². The van der Waals surface area contributed by atoms with Crippen molar-refractivity contribution in [2.75, 3.05) is 27.7 Å². The van der Waals surface area contributed by atoms with Crippen molar-refractivity contribution in [1.82, 2.24) is 0 Å². The molecular formula is C27H50NO4+. The molecule has 0 radical (unpaired) electrons. The second kappa shape index (κ2) is 20.0. The molecule has 5 nitrogen and oxygen atoms in total. The van der Waals surface area contributed by atoms with E-state index >= 15 is 0 Å². The van der Waals surface area contributed by atoms with Crippen LogP contribution in [0.15, 0.2) is 24.3 Å². The predicted molar refractivity (Wildman–Crippen MR) is 134 cm³/mol. The summed E-state index contributed by atoms with van der Waals surface area (Å²) in [5.74, 6) is -1.20. The van der Waals surface area contributed by atoms with E-state index in [0.29, 0.717) is 17.4 Å². The minimum absolute atomic E-state index is 0.133. The molecule has 0 aliphatic rings. The number of hydrogen-bond acceptors (Lipinski definition) is 3. The molecule has 1 atom stereocenters. The van der Waals surface area contributed by atoms with Gasteiger partial charge in [-0.1, -0.05) is 76.2 Å². The smallest absolute Gasteiger partial charge is 0.307 e. The molecule has 5 heteroatoms. The Morgan fingerprint density at radius 3 is 1.88 bits per heavy atom. The minimum Gasteiger partial charge on any atom is -0.481 e. The van der Waals surface area contributed by atoms with Crippen molar-refractivity contribution in [3.63, 3.8) is 0 Å². The number of carbonyl (C=O) groups is 2. The molecule has 1 unspecified atom stereocenters. The van der Waals surface area contributed by atoms with E-state index in [1.807, 2.05) is 21.1 Å². The summed E-state index contributed by atoms with van der Waals surface area (Å²) < 4.78 is 5.99. The topological polar surface area (TPSA) is 63.6 Å². The zero-order valence-electron chi connectivity index (χ0n) is 21.3. The summed E-state index contributed by atoms with van der Waals surface area (Å²) in [6.45, 7) is 2.74. The van der Waals surface area contributed by atoms with Crippen molar-refractivity contribution in [3.8, 4) is 0 Å². The van der Waals surface area contributed by atoms with Crippen molar-refractivity contribution in [2.45, 2.75) is 109 Å². The molecule has 0 fully saturated rings. The fraction of sp³-hybridized carbons (Fsp3) is 0.778. The Bertz CT molecular complexity index is 534. The number of unbranched alkanes of at least 4 members (excludes halogenated alkanes) is 10. The monoisotopic (exact) mass is 452 g/mol. The molecule has 1 N–H and O–H groups in total. The van der Waals surface area contributed by atoms with E-state index in [0.717, 1.165) is 25.7 Å². The van der Waals surface area contributed by atoms with E-state index in [1.54, 1.807) is 0 Å². The average Bonchev–Trinajstić information content (AvgIpc) is 2.68. The van der Waals surface area contributed by atoms with Crippen LogP contribution in [-0.4, -0.2) is 55.3 Å². The van der Waals surface area contributed by atoms with Gasteiger partial charge in [0.1, 0.15) is 6.54 Å². The summed E-state index contributed by atoms with van der Waals surface area (Å²) in [6, 6.07) is 0. The first-order valence-electron chi connectivity index (χ1n) is 12.8. The van der Waals surface area contributed by atoms with Gasteiger partial charge in [0, 0.05) is 6.42 Å². The highest BCUT2D eigenvalue weighted by Gasteiger charge is 2.24. The number of likely N-dealkylation sites (N-methyl/N-ethyl adjacent to an activating group) is 1. The van der Waals surface area contributed by atoms with Crippen molar-refractivity contribution in [2.24, 2.45) is 0 Å². The lowest BCUT2D eigenvalue weighted by atomic mass is 10.1. The highest BCUT2D eigenvalue weighted by atomic mass is 16.5. The van der Waals surface area contributed by atoms with E-state index in [2.05, 4.69) is 31.2 Å². The van der Waals surface area contributed by atoms with Gasteiger partial charge in [-0.3, -0.25) is 9.59 Å². The second-order valence-corrected chi connectivity index (χ2v) is 9.87. The molecule has 186 valence electrons. The van der Waals surface area contributed by atoms with E-state index in [4.69, 9.17) is 9.84 Å². The van der Waals surface area contributed by atoms with Crippen LogP contribution >= 0.6 is 0 Å². The number of quaternary nitrogens is 1. The van der Waals surface area contributed by atoms with Gasteiger partial charge in [-0.25, -0.2) is 0 Å². The summed E-state index contributed by atoms with van der Waals surface area (Å²) in [5, 5.41) is 9.02. The SMILES string of the molecule is CCCCC/C=C\C/C=C\CCCCCCCCCC(=O)OC(CC(=O)O)C[N+](C)(C)C. The first-order valence-corrected chi connectivity index (χ1v) is 12.8. The van der Waals surface area contributed by atoms with Gasteiger partial charge in [-0.2, -0.15) is 0 Å². The quantitative estimate of drug-likeness (QED) is 0.0914. The molecule has 0 saturated heterocycles. The van der Waals surface area contributed by atoms with Crippen molar-refractivity contribution >= 4 is 11.9 Å². The number of aliphatic carboxylic acids is 1. The third-order valence-corrected chi connectivity index (χ3v) is 5.28. The number of carbonyl (C=O) groups excluding carboxylic acids is 1. The minimum atomic E-state index is -0.929. The summed E-state index contributed by atoms with van der Waals surface area (Å²) in [7, 11) is 5.90. The van der Waals surface area contributed by atoms with E-state index in [1.165, 1.54) is 57.8 Å². The number of esters is 1. The van der Waals surface area contributed by atoms with Crippen LogP contribution in [-0.2, 0) is 14.3 Å². The maximum absolute atomic E-state index is 12.0. The fourth-order valence-electron chi connectivity index (χ4n) is 3.63. The van der Waals surface area contributed by atoms with Crippen LogP contribution in [0, 0.1) is 0 Å². The fourth-order valence-corrected chi connectivity index (χ4v) is 3.63. The summed E-state index contributed by atoms with van der Waals surface area (Å²) in [6.07, 6.45) is 24.2. The van der Waals surface area contributed by atoms with E-state index in [-0.39, 0.29) is 12.4 Å². The second-order valence-electron chi connectivity index (χ2n) is 9.87. The molecule has 0 spiro atoms. The number of ether oxygens (including phenoxy) is 1. The largest absolute Gasteiger partial charge is 0.481 e.